The Morgan fingerprint density at radius 2 is 2.13 bits per heavy atom. The molecule has 0 aliphatic heterocycles. The summed E-state index contributed by atoms with van der Waals surface area (Å²) in [6.45, 7) is 5.74. The third-order valence-corrected chi connectivity index (χ3v) is 3.08. The van der Waals surface area contributed by atoms with Crippen molar-refractivity contribution in [2.24, 2.45) is 4.99 Å². The minimum Gasteiger partial charge on any atom is -0.382 e. The molecule has 8 heteroatoms. The average Bonchev–Trinajstić information content (AvgIpc) is 2.99. The van der Waals surface area contributed by atoms with Gasteiger partial charge >= 0.3 is 0 Å². The monoisotopic (exact) mass is 320 g/mol. The highest BCUT2D eigenvalue weighted by atomic mass is 16.5. The van der Waals surface area contributed by atoms with Crippen molar-refractivity contribution in [2.75, 3.05) is 40.0 Å². The first-order chi connectivity index (χ1) is 11.3. The molecule has 2 aromatic heterocycles. The standard InChI is InChI=1S/C15H24N6O2/c1-3-16-15(17-7-9-23-11-10-22-2)18-12-14-20-19-13-6-4-5-8-21(13)14/h4-6,8H,3,7,9-12H2,1-2H3,(H2,16,17,18). The Bertz CT molecular complexity index is 613. The Morgan fingerprint density at radius 3 is 2.96 bits per heavy atom. The summed E-state index contributed by atoms with van der Waals surface area (Å²) in [5, 5.41) is 14.7. The summed E-state index contributed by atoms with van der Waals surface area (Å²) in [4.78, 5) is 4.53. The molecule has 2 heterocycles. The van der Waals surface area contributed by atoms with Gasteiger partial charge in [-0.05, 0) is 19.1 Å². The van der Waals surface area contributed by atoms with Gasteiger partial charge in [0.15, 0.2) is 17.4 Å². The molecule has 0 aliphatic rings. The molecule has 0 aromatic carbocycles. The fourth-order valence-electron chi connectivity index (χ4n) is 1.98. The number of guanidine groups is 1. The lowest BCUT2D eigenvalue weighted by Crippen LogP contribution is -2.39. The largest absolute Gasteiger partial charge is 0.382 e. The highest BCUT2D eigenvalue weighted by Gasteiger charge is 2.04. The second-order valence-electron chi connectivity index (χ2n) is 4.77. The average molecular weight is 320 g/mol. The third-order valence-electron chi connectivity index (χ3n) is 3.08. The molecule has 2 N–H and O–H groups in total. The summed E-state index contributed by atoms with van der Waals surface area (Å²) >= 11 is 0. The topological polar surface area (TPSA) is 85.1 Å². The summed E-state index contributed by atoms with van der Waals surface area (Å²) in [5.74, 6) is 1.53. The van der Waals surface area contributed by atoms with Gasteiger partial charge in [0.1, 0.15) is 6.54 Å². The molecule has 0 unspecified atom stereocenters. The lowest BCUT2D eigenvalue weighted by Gasteiger charge is -2.11. The number of rotatable bonds is 9. The number of nitrogens with one attached hydrogen (secondary N) is 2. The predicted octanol–water partition coefficient (Wildman–Crippen LogP) is 0.447. The van der Waals surface area contributed by atoms with Crippen molar-refractivity contribution in [3.63, 3.8) is 0 Å². The van der Waals surface area contributed by atoms with Crippen LogP contribution in [0, 0.1) is 0 Å². The number of aromatic nitrogens is 3. The lowest BCUT2D eigenvalue weighted by atomic mass is 10.4. The van der Waals surface area contributed by atoms with E-state index in [9.17, 15) is 0 Å². The van der Waals surface area contributed by atoms with Crippen LogP contribution in [0.25, 0.3) is 5.65 Å². The normalized spacial score (nSPS) is 11.8. The van der Waals surface area contributed by atoms with Gasteiger partial charge in [0, 0.05) is 26.4 Å². The zero-order chi connectivity index (χ0) is 16.3. The molecule has 0 saturated heterocycles. The van der Waals surface area contributed by atoms with Crippen LogP contribution in [0.2, 0.25) is 0 Å². The molecule has 0 spiro atoms. The van der Waals surface area contributed by atoms with Gasteiger partial charge in [-0.15, -0.1) is 10.2 Å². The van der Waals surface area contributed by atoms with E-state index in [0.29, 0.717) is 32.9 Å². The van der Waals surface area contributed by atoms with Crippen LogP contribution in [0.3, 0.4) is 0 Å². The molecular formula is C15H24N6O2. The van der Waals surface area contributed by atoms with Crippen molar-refractivity contribution < 1.29 is 9.47 Å². The summed E-state index contributed by atoms with van der Waals surface area (Å²) in [5.41, 5.74) is 0.821. The summed E-state index contributed by atoms with van der Waals surface area (Å²) in [6, 6.07) is 5.80. The van der Waals surface area contributed by atoms with Gasteiger partial charge in [-0.1, -0.05) is 6.07 Å². The zero-order valence-corrected chi connectivity index (χ0v) is 13.7. The van der Waals surface area contributed by atoms with E-state index in [2.05, 4.69) is 25.8 Å². The molecule has 0 atom stereocenters. The van der Waals surface area contributed by atoms with E-state index in [1.807, 2.05) is 35.7 Å². The van der Waals surface area contributed by atoms with Crippen LogP contribution in [0.5, 0.6) is 0 Å². The Morgan fingerprint density at radius 1 is 1.22 bits per heavy atom. The van der Waals surface area contributed by atoms with Crippen molar-refractivity contribution in [1.29, 1.82) is 0 Å². The van der Waals surface area contributed by atoms with E-state index in [0.717, 1.165) is 24.0 Å². The number of methoxy groups -OCH3 is 1. The van der Waals surface area contributed by atoms with Crippen LogP contribution in [0.4, 0.5) is 0 Å². The minimum atomic E-state index is 0.449. The first kappa shape index (κ1) is 17.2. The molecule has 0 amide bonds. The van der Waals surface area contributed by atoms with Crippen LogP contribution in [0.1, 0.15) is 12.7 Å². The molecule has 126 valence electrons. The maximum absolute atomic E-state index is 5.41. The van der Waals surface area contributed by atoms with Crippen molar-refractivity contribution in [3.05, 3.63) is 30.2 Å². The summed E-state index contributed by atoms with van der Waals surface area (Å²) in [7, 11) is 1.66. The lowest BCUT2D eigenvalue weighted by molar-refractivity contribution is 0.0733. The van der Waals surface area contributed by atoms with E-state index in [1.54, 1.807) is 7.11 Å². The molecule has 0 aliphatic carbocycles. The van der Waals surface area contributed by atoms with Crippen molar-refractivity contribution >= 4 is 11.6 Å². The smallest absolute Gasteiger partial charge is 0.191 e. The van der Waals surface area contributed by atoms with Gasteiger partial charge < -0.3 is 20.1 Å². The Kier molecular flexibility index (Phi) is 7.28. The highest BCUT2D eigenvalue weighted by Crippen LogP contribution is 2.03. The van der Waals surface area contributed by atoms with Gasteiger partial charge in [-0.2, -0.15) is 0 Å². The maximum Gasteiger partial charge on any atom is 0.191 e. The molecule has 0 bridgehead atoms. The van der Waals surface area contributed by atoms with Crippen LogP contribution in [0.15, 0.2) is 29.4 Å². The number of hydrogen-bond donors (Lipinski definition) is 2. The number of ether oxygens (including phenoxy) is 2. The molecule has 23 heavy (non-hydrogen) atoms. The first-order valence-electron chi connectivity index (χ1n) is 7.72. The highest BCUT2D eigenvalue weighted by molar-refractivity contribution is 5.79. The Balaban J connectivity index is 1.85. The van der Waals surface area contributed by atoms with Crippen molar-refractivity contribution in [3.8, 4) is 0 Å². The van der Waals surface area contributed by atoms with Gasteiger partial charge in [0.05, 0.1) is 19.8 Å². The van der Waals surface area contributed by atoms with Crippen LogP contribution in [-0.2, 0) is 16.0 Å². The number of hydrogen-bond acceptors (Lipinski definition) is 5. The number of aliphatic imine (C=N–C) groups is 1. The van der Waals surface area contributed by atoms with E-state index >= 15 is 0 Å². The fourth-order valence-corrected chi connectivity index (χ4v) is 1.98. The molecule has 0 radical (unpaired) electrons. The second-order valence-corrected chi connectivity index (χ2v) is 4.77. The van der Waals surface area contributed by atoms with Gasteiger partial charge in [0.2, 0.25) is 0 Å². The summed E-state index contributed by atoms with van der Waals surface area (Å²) in [6.07, 6.45) is 1.93. The maximum atomic E-state index is 5.41. The second kappa shape index (κ2) is 9.75. The van der Waals surface area contributed by atoms with Crippen LogP contribution < -0.4 is 10.6 Å². The van der Waals surface area contributed by atoms with Gasteiger partial charge in [-0.3, -0.25) is 4.40 Å². The van der Waals surface area contributed by atoms with E-state index in [1.165, 1.54) is 0 Å². The Hall–Kier alpha value is -2.19. The number of fused-ring (bicyclic) bond motifs is 1. The predicted molar refractivity (Wildman–Crippen MR) is 88.5 cm³/mol. The zero-order valence-electron chi connectivity index (χ0n) is 13.7. The van der Waals surface area contributed by atoms with Crippen molar-refractivity contribution in [2.45, 2.75) is 13.5 Å². The number of pyridine rings is 1. The Labute approximate surface area is 135 Å². The number of nitrogens with zero attached hydrogens (tertiary/aromatic N) is 4. The van der Waals surface area contributed by atoms with Gasteiger partial charge in [-0.25, -0.2) is 4.99 Å². The SMILES string of the molecule is CCNC(=NCc1nnc2ccccn12)NCCOCCOC. The third kappa shape index (κ3) is 5.50. The van der Waals surface area contributed by atoms with Crippen LogP contribution >= 0.6 is 0 Å². The molecule has 8 nitrogen and oxygen atoms in total. The molecular weight excluding hydrogens is 296 g/mol. The van der Waals surface area contributed by atoms with Crippen molar-refractivity contribution in [1.82, 2.24) is 25.2 Å². The molecule has 2 rings (SSSR count). The molecule has 2 aromatic rings. The minimum absolute atomic E-state index is 0.449. The quantitative estimate of drug-likeness (QED) is 0.396. The fraction of sp³-hybridized carbons (Fsp3) is 0.533. The summed E-state index contributed by atoms with van der Waals surface area (Å²) < 4.78 is 12.3. The van der Waals surface area contributed by atoms with E-state index in [-0.39, 0.29) is 0 Å². The molecule has 0 fully saturated rings. The molecule has 0 saturated carbocycles. The van der Waals surface area contributed by atoms with Crippen LogP contribution in [-0.4, -0.2) is 60.6 Å². The van der Waals surface area contributed by atoms with E-state index in [4.69, 9.17) is 9.47 Å². The van der Waals surface area contributed by atoms with E-state index < -0.39 is 0 Å². The first-order valence-corrected chi connectivity index (χ1v) is 7.72. The van der Waals surface area contributed by atoms with Gasteiger partial charge in [0.25, 0.3) is 0 Å².